The second-order valence-electron chi connectivity index (χ2n) is 5.41. The van der Waals surface area contributed by atoms with Crippen molar-refractivity contribution in [2.75, 3.05) is 7.11 Å². The molecule has 126 valence electrons. The molecule has 2 aromatic carbocycles. The summed E-state index contributed by atoms with van der Waals surface area (Å²) in [5.74, 6) is -0.643. The second kappa shape index (κ2) is 7.03. The van der Waals surface area contributed by atoms with Gasteiger partial charge in [0, 0.05) is 10.0 Å². The third kappa shape index (κ3) is 3.69. The number of benzene rings is 2. The molecule has 0 radical (unpaired) electrons. The molecule has 0 N–H and O–H groups in total. The fourth-order valence-electron chi connectivity index (χ4n) is 2.30. The summed E-state index contributed by atoms with van der Waals surface area (Å²) >= 11 is 3.44. The zero-order valence-corrected chi connectivity index (χ0v) is 15.2. The van der Waals surface area contributed by atoms with Crippen LogP contribution in [0.25, 0.3) is 6.08 Å². The number of esters is 2. The maximum absolute atomic E-state index is 12.0. The fraction of sp³-hybridized carbons (Fsp3) is 0.105. The lowest BCUT2D eigenvalue weighted by atomic mass is 10.1. The SMILES string of the molecule is COC(=O)c1ccc(/C=C2\N=C(c3ccc(Br)c(C)c3)OC2=O)cc1. The van der Waals surface area contributed by atoms with E-state index in [1.54, 1.807) is 30.3 Å². The summed E-state index contributed by atoms with van der Waals surface area (Å²) < 4.78 is 10.9. The first kappa shape index (κ1) is 17.1. The summed E-state index contributed by atoms with van der Waals surface area (Å²) in [5.41, 5.74) is 3.14. The highest BCUT2D eigenvalue weighted by Gasteiger charge is 2.24. The van der Waals surface area contributed by atoms with Gasteiger partial charge in [-0.2, -0.15) is 0 Å². The van der Waals surface area contributed by atoms with Gasteiger partial charge in [-0.25, -0.2) is 14.6 Å². The number of aliphatic imine (C=N–C) groups is 1. The van der Waals surface area contributed by atoms with Crippen LogP contribution in [0.4, 0.5) is 0 Å². The first-order valence-corrected chi connectivity index (χ1v) is 8.24. The van der Waals surface area contributed by atoms with Gasteiger partial charge in [-0.05, 0) is 54.5 Å². The molecule has 0 fully saturated rings. The Hall–Kier alpha value is -2.73. The molecule has 0 aliphatic carbocycles. The first-order chi connectivity index (χ1) is 12.0. The summed E-state index contributed by atoms with van der Waals surface area (Å²) in [5, 5.41) is 0. The quantitative estimate of drug-likeness (QED) is 0.579. The molecule has 5 nitrogen and oxygen atoms in total. The lowest BCUT2D eigenvalue weighted by Gasteiger charge is -2.02. The van der Waals surface area contributed by atoms with Crippen LogP contribution in [-0.2, 0) is 14.3 Å². The normalized spacial score (nSPS) is 15.1. The van der Waals surface area contributed by atoms with Gasteiger partial charge in [0.2, 0.25) is 5.90 Å². The molecule has 1 aliphatic heterocycles. The van der Waals surface area contributed by atoms with E-state index in [1.165, 1.54) is 7.11 Å². The van der Waals surface area contributed by atoms with Crippen LogP contribution in [0.1, 0.15) is 27.0 Å². The molecular weight excluding hydrogens is 386 g/mol. The second-order valence-corrected chi connectivity index (χ2v) is 6.27. The standard InChI is InChI=1S/C19H14BrNO4/c1-11-9-14(7-8-15(11)20)17-21-16(19(23)25-17)10-12-3-5-13(6-4-12)18(22)24-2/h3-10H,1-2H3/b16-10-. The van der Waals surface area contributed by atoms with Crippen molar-refractivity contribution < 1.29 is 19.1 Å². The molecule has 0 bridgehead atoms. The van der Waals surface area contributed by atoms with Gasteiger partial charge < -0.3 is 9.47 Å². The molecular formula is C19H14BrNO4. The third-order valence-corrected chi connectivity index (χ3v) is 4.55. The maximum atomic E-state index is 12.0. The van der Waals surface area contributed by atoms with E-state index in [9.17, 15) is 9.59 Å². The molecule has 6 heteroatoms. The van der Waals surface area contributed by atoms with Gasteiger partial charge in [-0.3, -0.25) is 0 Å². The van der Waals surface area contributed by atoms with Gasteiger partial charge in [0.1, 0.15) is 0 Å². The fourth-order valence-corrected chi connectivity index (χ4v) is 2.55. The first-order valence-electron chi connectivity index (χ1n) is 7.45. The lowest BCUT2D eigenvalue weighted by Crippen LogP contribution is -2.05. The van der Waals surface area contributed by atoms with Crippen LogP contribution in [0.2, 0.25) is 0 Å². The number of ether oxygens (including phenoxy) is 2. The van der Waals surface area contributed by atoms with Crippen molar-refractivity contribution in [3.05, 3.63) is 74.9 Å². The number of cyclic esters (lactones) is 1. The maximum Gasteiger partial charge on any atom is 0.363 e. The largest absolute Gasteiger partial charge is 0.465 e. The Morgan fingerprint density at radius 3 is 2.56 bits per heavy atom. The van der Waals surface area contributed by atoms with Crippen molar-refractivity contribution in [2.24, 2.45) is 4.99 Å². The van der Waals surface area contributed by atoms with Gasteiger partial charge in [-0.15, -0.1) is 0 Å². The van der Waals surface area contributed by atoms with Gasteiger partial charge in [-0.1, -0.05) is 28.1 Å². The summed E-state index contributed by atoms with van der Waals surface area (Å²) in [4.78, 5) is 27.8. The van der Waals surface area contributed by atoms with E-state index in [1.807, 2.05) is 25.1 Å². The monoisotopic (exact) mass is 399 g/mol. The Balaban J connectivity index is 1.87. The molecule has 3 rings (SSSR count). The van der Waals surface area contributed by atoms with Gasteiger partial charge in [0.25, 0.3) is 0 Å². The van der Waals surface area contributed by atoms with E-state index < -0.39 is 11.9 Å². The van der Waals surface area contributed by atoms with Crippen molar-refractivity contribution in [2.45, 2.75) is 6.92 Å². The van der Waals surface area contributed by atoms with Gasteiger partial charge in [0.15, 0.2) is 5.70 Å². The van der Waals surface area contributed by atoms with Crippen LogP contribution in [0.3, 0.4) is 0 Å². The van der Waals surface area contributed by atoms with Crippen molar-refractivity contribution in [1.82, 2.24) is 0 Å². The topological polar surface area (TPSA) is 65.0 Å². The van der Waals surface area contributed by atoms with E-state index in [0.717, 1.165) is 21.2 Å². The average molecular weight is 400 g/mol. The van der Waals surface area contributed by atoms with Crippen molar-refractivity contribution >= 4 is 39.8 Å². The minimum absolute atomic E-state index is 0.210. The Labute approximate surface area is 153 Å². The molecule has 0 atom stereocenters. The van der Waals surface area contributed by atoms with E-state index in [4.69, 9.17) is 4.74 Å². The highest BCUT2D eigenvalue weighted by Crippen LogP contribution is 2.22. The lowest BCUT2D eigenvalue weighted by molar-refractivity contribution is -0.129. The minimum atomic E-state index is -0.507. The molecule has 0 saturated heterocycles. The number of rotatable bonds is 3. The average Bonchev–Trinajstić information content (AvgIpc) is 2.98. The summed E-state index contributed by atoms with van der Waals surface area (Å²) in [6, 6.07) is 12.3. The van der Waals surface area contributed by atoms with Crippen molar-refractivity contribution in [3.63, 3.8) is 0 Å². The number of halogens is 1. The van der Waals surface area contributed by atoms with E-state index in [0.29, 0.717) is 5.56 Å². The molecule has 1 heterocycles. The third-order valence-electron chi connectivity index (χ3n) is 3.66. The molecule has 1 aliphatic rings. The summed E-state index contributed by atoms with van der Waals surface area (Å²) in [6.45, 7) is 1.95. The number of carbonyl (C=O) groups is 2. The predicted molar refractivity (Wildman–Crippen MR) is 97.3 cm³/mol. The molecule has 0 amide bonds. The van der Waals surface area contributed by atoms with Gasteiger partial charge in [0.05, 0.1) is 12.7 Å². The van der Waals surface area contributed by atoms with E-state index in [-0.39, 0.29) is 11.6 Å². The Morgan fingerprint density at radius 2 is 1.92 bits per heavy atom. The number of nitrogens with zero attached hydrogens (tertiary/aromatic N) is 1. The van der Waals surface area contributed by atoms with Crippen LogP contribution in [0.15, 0.2) is 57.6 Å². The number of methoxy groups -OCH3 is 1. The number of hydrogen-bond acceptors (Lipinski definition) is 5. The Morgan fingerprint density at radius 1 is 1.20 bits per heavy atom. The molecule has 0 unspecified atom stereocenters. The zero-order chi connectivity index (χ0) is 18.0. The highest BCUT2D eigenvalue weighted by atomic mass is 79.9. The van der Waals surface area contributed by atoms with Crippen molar-refractivity contribution in [1.29, 1.82) is 0 Å². The van der Waals surface area contributed by atoms with Gasteiger partial charge >= 0.3 is 11.9 Å². The number of carbonyl (C=O) groups excluding carboxylic acids is 2. The van der Waals surface area contributed by atoms with E-state index >= 15 is 0 Å². The minimum Gasteiger partial charge on any atom is -0.465 e. The molecule has 25 heavy (non-hydrogen) atoms. The van der Waals surface area contributed by atoms with Crippen LogP contribution < -0.4 is 0 Å². The number of hydrogen-bond donors (Lipinski definition) is 0. The van der Waals surface area contributed by atoms with Crippen LogP contribution in [0, 0.1) is 6.92 Å². The zero-order valence-electron chi connectivity index (χ0n) is 13.6. The molecule has 0 aromatic heterocycles. The highest BCUT2D eigenvalue weighted by molar-refractivity contribution is 9.10. The molecule has 0 spiro atoms. The number of aryl methyl sites for hydroxylation is 1. The van der Waals surface area contributed by atoms with Crippen molar-refractivity contribution in [3.8, 4) is 0 Å². The van der Waals surface area contributed by atoms with Crippen LogP contribution >= 0.6 is 15.9 Å². The smallest absolute Gasteiger partial charge is 0.363 e. The van der Waals surface area contributed by atoms with Crippen LogP contribution in [0.5, 0.6) is 0 Å². The Kier molecular flexibility index (Phi) is 4.81. The molecule has 2 aromatic rings. The predicted octanol–water partition coefficient (Wildman–Crippen LogP) is 3.89. The summed E-state index contributed by atoms with van der Waals surface area (Å²) in [7, 11) is 1.33. The molecule has 0 saturated carbocycles. The van der Waals surface area contributed by atoms with Crippen LogP contribution in [-0.4, -0.2) is 24.9 Å². The van der Waals surface area contributed by atoms with E-state index in [2.05, 4.69) is 25.7 Å². The summed E-state index contributed by atoms with van der Waals surface area (Å²) in [6.07, 6.45) is 1.61. The Bertz CT molecular complexity index is 914.